The van der Waals surface area contributed by atoms with Crippen molar-refractivity contribution in [3.63, 3.8) is 0 Å². The van der Waals surface area contributed by atoms with Crippen LogP contribution in [0, 0.1) is 6.92 Å². The van der Waals surface area contributed by atoms with Crippen LogP contribution in [0.4, 0.5) is 0 Å². The van der Waals surface area contributed by atoms with Crippen LogP contribution in [-0.4, -0.2) is 37.4 Å². The van der Waals surface area contributed by atoms with Crippen molar-refractivity contribution < 1.29 is 14.3 Å². The zero-order valence-electron chi connectivity index (χ0n) is 15.0. The van der Waals surface area contributed by atoms with E-state index in [2.05, 4.69) is 26.8 Å². The molecule has 7 heteroatoms. The number of nitrogens with zero attached hydrogens (tertiary/aromatic N) is 1. The van der Waals surface area contributed by atoms with Gasteiger partial charge in [-0.25, -0.2) is 0 Å². The van der Waals surface area contributed by atoms with Gasteiger partial charge in [-0.3, -0.25) is 25.3 Å². The van der Waals surface area contributed by atoms with Gasteiger partial charge in [0, 0.05) is 16.6 Å². The normalized spacial score (nSPS) is 10.5. The van der Waals surface area contributed by atoms with Crippen LogP contribution in [-0.2, 0) is 11.3 Å². The van der Waals surface area contributed by atoms with Gasteiger partial charge >= 0.3 is 0 Å². The SMILES string of the molecule is COc1ccc(C)cc1CN(C)CC(=O)NNC(=O)c1ccccc1Br. The maximum absolute atomic E-state index is 12.1. The molecule has 0 atom stereocenters. The Morgan fingerprint density at radius 1 is 1.15 bits per heavy atom. The lowest BCUT2D eigenvalue weighted by atomic mass is 10.1. The minimum Gasteiger partial charge on any atom is -0.496 e. The van der Waals surface area contributed by atoms with Crippen LogP contribution in [0.15, 0.2) is 46.9 Å². The number of hydrogen-bond donors (Lipinski definition) is 2. The van der Waals surface area contributed by atoms with Crippen LogP contribution < -0.4 is 15.6 Å². The molecule has 2 amide bonds. The number of amides is 2. The Hall–Kier alpha value is -2.38. The predicted molar refractivity (Wildman–Crippen MR) is 104 cm³/mol. The largest absolute Gasteiger partial charge is 0.496 e. The molecule has 2 aromatic rings. The van der Waals surface area contributed by atoms with Crippen molar-refractivity contribution in [2.75, 3.05) is 20.7 Å². The summed E-state index contributed by atoms with van der Waals surface area (Å²) in [5.74, 6) is 0.0958. The van der Waals surface area contributed by atoms with Gasteiger partial charge in [-0.1, -0.05) is 29.8 Å². The predicted octanol–water partition coefficient (Wildman–Crippen LogP) is 2.66. The Morgan fingerprint density at radius 3 is 2.58 bits per heavy atom. The van der Waals surface area contributed by atoms with Gasteiger partial charge < -0.3 is 4.74 Å². The Bertz CT molecular complexity index is 795. The molecule has 2 N–H and O–H groups in total. The van der Waals surface area contributed by atoms with Crippen molar-refractivity contribution in [3.05, 3.63) is 63.6 Å². The highest BCUT2D eigenvalue weighted by Crippen LogP contribution is 2.20. The maximum Gasteiger partial charge on any atom is 0.270 e. The molecule has 0 unspecified atom stereocenters. The van der Waals surface area contributed by atoms with Gasteiger partial charge in [-0.2, -0.15) is 0 Å². The summed E-state index contributed by atoms with van der Waals surface area (Å²) in [5.41, 5.74) is 7.43. The Labute approximate surface area is 161 Å². The number of hydrogen-bond acceptors (Lipinski definition) is 4. The zero-order valence-corrected chi connectivity index (χ0v) is 16.6. The van der Waals surface area contributed by atoms with Crippen LogP contribution in [0.3, 0.4) is 0 Å². The molecule has 0 heterocycles. The first kappa shape index (κ1) is 19.9. The molecule has 26 heavy (non-hydrogen) atoms. The number of rotatable bonds is 6. The molecule has 0 bridgehead atoms. The fourth-order valence-corrected chi connectivity index (χ4v) is 2.97. The third-order valence-corrected chi connectivity index (χ3v) is 4.42. The van der Waals surface area contributed by atoms with E-state index >= 15 is 0 Å². The summed E-state index contributed by atoms with van der Waals surface area (Å²) in [6.45, 7) is 2.69. The molecule has 2 aromatic carbocycles. The van der Waals surface area contributed by atoms with E-state index < -0.39 is 0 Å². The van der Waals surface area contributed by atoms with Gasteiger partial charge in [0.2, 0.25) is 0 Å². The summed E-state index contributed by atoms with van der Waals surface area (Å²) in [4.78, 5) is 26.0. The van der Waals surface area contributed by atoms with Gasteiger partial charge in [-0.05, 0) is 48.1 Å². The number of ether oxygens (including phenoxy) is 1. The third kappa shape index (κ3) is 5.57. The van der Waals surface area contributed by atoms with Crippen molar-refractivity contribution in [3.8, 4) is 5.75 Å². The average molecular weight is 420 g/mol. The monoisotopic (exact) mass is 419 g/mol. The molecule has 0 saturated carbocycles. The Balaban J connectivity index is 1.87. The lowest BCUT2D eigenvalue weighted by molar-refractivity contribution is -0.122. The second-order valence-electron chi connectivity index (χ2n) is 5.97. The minimum absolute atomic E-state index is 0.132. The van der Waals surface area contributed by atoms with E-state index in [1.807, 2.05) is 43.1 Å². The molecule has 138 valence electrons. The highest BCUT2D eigenvalue weighted by atomic mass is 79.9. The molecule has 0 aliphatic carbocycles. The van der Waals surface area contributed by atoms with Crippen LogP contribution in [0.2, 0.25) is 0 Å². The van der Waals surface area contributed by atoms with Gasteiger partial charge in [0.1, 0.15) is 5.75 Å². The van der Waals surface area contributed by atoms with E-state index in [9.17, 15) is 9.59 Å². The van der Waals surface area contributed by atoms with E-state index in [-0.39, 0.29) is 18.4 Å². The molecule has 0 aromatic heterocycles. The highest BCUT2D eigenvalue weighted by Gasteiger charge is 2.13. The molecule has 0 saturated heterocycles. The summed E-state index contributed by atoms with van der Waals surface area (Å²) in [5, 5.41) is 0. The van der Waals surface area contributed by atoms with E-state index in [1.54, 1.807) is 25.3 Å². The maximum atomic E-state index is 12.1. The third-order valence-electron chi connectivity index (χ3n) is 3.72. The lowest BCUT2D eigenvalue weighted by Crippen LogP contribution is -2.45. The summed E-state index contributed by atoms with van der Waals surface area (Å²) in [6, 6.07) is 12.9. The first-order valence-electron chi connectivity index (χ1n) is 8.06. The molecule has 0 aliphatic heterocycles. The number of carbonyl (C=O) groups excluding carboxylic acids is 2. The van der Waals surface area contributed by atoms with Gasteiger partial charge in [0.15, 0.2) is 0 Å². The molecular formula is C19H22BrN3O3. The van der Waals surface area contributed by atoms with Crippen LogP contribution >= 0.6 is 15.9 Å². The molecule has 6 nitrogen and oxygen atoms in total. The smallest absolute Gasteiger partial charge is 0.270 e. The summed E-state index contributed by atoms with van der Waals surface area (Å²) in [6.07, 6.45) is 0. The Kier molecular flexibility index (Phi) is 7.17. The van der Waals surface area contributed by atoms with Crippen molar-refractivity contribution in [1.82, 2.24) is 15.8 Å². The van der Waals surface area contributed by atoms with Crippen molar-refractivity contribution in [1.29, 1.82) is 0 Å². The second-order valence-corrected chi connectivity index (χ2v) is 6.82. The lowest BCUT2D eigenvalue weighted by Gasteiger charge is -2.18. The molecular weight excluding hydrogens is 398 g/mol. The first-order valence-corrected chi connectivity index (χ1v) is 8.85. The van der Waals surface area contributed by atoms with Crippen molar-refractivity contribution in [2.45, 2.75) is 13.5 Å². The van der Waals surface area contributed by atoms with E-state index in [0.29, 0.717) is 16.6 Å². The second kappa shape index (κ2) is 9.35. The number of nitrogens with one attached hydrogen (secondary N) is 2. The van der Waals surface area contributed by atoms with Gasteiger partial charge in [0.25, 0.3) is 11.8 Å². The minimum atomic E-state index is -0.381. The number of likely N-dealkylation sites (N-methyl/N-ethyl adjacent to an activating group) is 1. The number of benzene rings is 2. The molecule has 0 aliphatic rings. The van der Waals surface area contributed by atoms with E-state index in [0.717, 1.165) is 16.9 Å². The highest BCUT2D eigenvalue weighted by molar-refractivity contribution is 9.10. The Morgan fingerprint density at radius 2 is 1.88 bits per heavy atom. The molecule has 2 rings (SSSR count). The molecule has 0 radical (unpaired) electrons. The number of methoxy groups -OCH3 is 1. The zero-order chi connectivity index (χ0) is 19.1. The van der Waals surface area contributed by atoms with E-state index in [1.165, 1.54) is 0 Å². The summed E-state index contributed by atoms with van der Waals surface area (Å²) >= 11 is 3.31. The standard InChI is InChI=1S/C19H22BrN3O3/c1-13-8-9-17(26-3)14(10-13)11-23(2)12-18(24)21-22-19(25)15-6-4-5-7-16(15)20/h4-10H,11-12H2,1-3H3,(H,21,24)(H,22,25). The first-order chi connectivity index (χ1) is 12.4. The average Bonchev–Trinajstić information content (AvgIpc) is 2.60. The molecule has 0 spiro atoms. The topological polar surface area (TPSA) is 70.7 Å². The number of halogens is 1. The fourth-order valence-electron chi connectivity index (χ4n) is 2.50. The number of carbonyl (C=O) groups is 2. The van der Waals surface area contributed by atoms with Gasteiger partial charge in [-0.15, -0.1) is 0 Å². The summed E-state index contributed by atoms with van der Waals surface area (Å²) < 4.78 is 6.02. The van der Waals surface area contributed by atoms with E-state index in [4.69, 9.17) is 4.74 Å². The molecule has 0 fully saturated rings. The van der Waals surface area contributed by atoms with Crippen molar-refractivity contribution in [2.24, 2.45) is 0 Å². The fraction of sp³-hybridized carbons (Fsp3) is 0.263. The van der Waals surface area contributed by atoms with Crippen LogP contribution in [0.1, 0.15) is 21.5 Å². The quantitative estimate of drug-likeness (QED) is 0.706. The number of aryl methyl sites for hydroxylation is 1. The van der Waals surface area contributed by atoms with Crippen molar-refractivity contribution >= 4 is 27.7 Å². The van der Waals surface area contributed by atoms with Crippen LogP contribution in [0.25, 0.3) is 0 Å². The number of hydrazine groups is 1. The summed E-state index contributed by atoms with van der Waals surface area (Å²) in [7, 11) is 3.45. The van der Waals surface area contributed by atoms with Gasteiger partial charge in [0.05, 0.1) is 19.2 Å². The van der Waals surface area contributed by atoms with Crippen LogP contribution in [0.5, 0.6) is 5.75 Å².